The first-order valence-electron chi connectivity index (χ1n) is 9.65. The second-order valence-electron chi connectivity index (χ2n) is 7.17. The molecule has 1 aliphatic rings. The Kier molecular flexibility index (Phi) is 6.98. The molecule has 2 unspecified atom stereocenters. The topological polar surface area (TPSA) is 96.9 Å². The maximum atomic E-state index is 12.6. The molecule has 3 N–H and O–H groups in total. The minimum atomic E-state index is -1.87. The molecule has 2 aromatic carbocycles. The number of benzene rings is 2. The van der Waals surface area contributed by atoms with Gasteiger partial charge in [-0.25, -0.2) is 5.48 Å². The molecule has 2 atom stereocenters. The lowest BCUT2D eigenvalue weighted by Crippen LogP contribution is -2.57. The van der Waals surface area contributed by atoms with Gasteiger partial charge in [0.1, 0.15) is 0 Å². The fourth-order valence-electron chi connectivity index (χ4n) is 3.17. The van der Waals surface area contributed by atoms with Crippen LogP contribution >= 0.6 is 0 Å². The second kappa shape index (κ2) is 9.65. The van der Waals surface area contributed by atoms with E-state index in [0.717, 1.165) is 29.5 Å². The summed E-state index contributed by atoms with van der Waals surface area (Å²) in [5.74, 6) is -1.55. The summed E-state index contributed by atoms with van der Waals surface area (Å²) >= 11 is 0. The third-order valence-corrected chi connectivity index (χ3v) is 5.07. The summed E-state index contributed by atoms with van der Waals surface area (Å²) in [6.07, 6.45) is 1.74. The Bertz CT molecular complexity index is 819. The minimum absolute atomic E-state index is 0.0341. The van der Waals surface area contributed by atoms with E-state index in [4.69, 9.17) is 14.7 Å². The van der Waals surface area contributed by atoms with Crippen LogP contribution in [0.4, 0.5) is 0 Å². The van der Waals surface area contributed by atoms with Crippen LogP contribution in [0.25, 0.3) is 11.1 Å². The molecule has 29 heavy (non-hydrogen) atoms. The zero-order chi connectivity index (χ0) is 20.7. The van der Waals surface area contributed by atoms with Gasteiger partial charge in [0, 0.05) is 13.2 Å². The number of ether oxygens (including phenoxy) is 2. The van der Waals surface area contributed by atoms with E-state index in [-0.39, 0.29) is 12.7 Å². The van der Waals surface area contributed by atoms with E-state index >= 15 is 0 Å². The first kappa shape index (κ1) is 21.0. The lowest BCUT2D eigenvalue weighted by atomic mass is 10.0. The minimum Gasteiger partial charge on any atom is -0.376 e. The zero-order valence-corrected chi connectivity index (χ0v) is 16.4. The summed E-state index contributed by atoms with van der Waals surface area (Å²) in [4.78, 5) is 24.8. The fourth-order valence-corrected chi connectivity index (χ4v) is 3.17. The third-order valence-electron chi connectivity index (χ3n) is 5.07. The van der Waals surface area contributed by atoms with Crippen molar-refractivity contribution in [2.45, 2.75) is 38.1 Å². The molecule has 0 radical (unpaired) electrons. The second-order valence-corrected chi connectivity index (χ2v) is 7.17. The average Bonchev–Trinajstić information content (AvgIpc) is 3.30. The van der Waals surface area contributed by atoms with E-state index in [1.54, 1.807) is 0 Å². The molecule has 0 aliphatic carbocycles. The average molecular weight is 398 g/mol. The van der Waals surface area contributed by atoms with Gasteiger partial charge in [0.15, 0.2) is 0 Å². The Morgan fingerprint density at radius 2 is 1.79 bits per heavy atom. The van der Waals surface area contributed by atoms with Gasteiger partial charge in [-0.3, -0.25) is 14.8 Å². The molecule has 1 heterocycles. The van der Waals surface area contributed by atoms with E-state index in [2.05, 4.69) is 5.32 Å². The predicted molar refractivity (Wildman–Crippen MR) is 107 cm³/mol. The van der Waals surface area contributed by atoms with E-state index in [1.165, 1.54) is 12.4 Å². The molecule has 7 heteroatoms. The van der Waals surface area contributed by atoms with Crippen LogP contribution in [-0.4, -0.2) is 41.9 Å². The molecule has 154 valence electrons. The smallest absolute Gasteiger partial charge is 0.285 e. The van der Waals surface area contributed by atoms with Crippen LogP contribution in [0, 0.1) is 0 Å². The molecular weight excluding hydrogens is 372 g/mol. The Balaban J connectivity index is 1.63. The molecule has 7 nitrogen and oxygen atoms in total. The summed E-state index contributed by atoms with van der Waals surface area (Å²) < 4.78 is 11.1. The lowest BCUT2D eigenvalue weighted by Gasteiger charge is -2.27. The van der Waals surface area contributed by atoms with Crippen LogP contribution in [0.15, 0.2) is 54.6 Å². The normalized spacial score (nSPS) is 18.1. The summed E-state index contributed by atoms with van der Waals surface area (Å²) in [6, 6.07) is 17.6. The molecule has 0 aromatic heterocycles. The first-order valence-corrected chi connectivity index (χ1v) is 9.65. The van der Waals surface area contributed by atoms with Gasteiger partial charge in [-0.1, -0.05) is 54.6 Å². The van der Waals surface area contributed by atoms with Crippen molar-refractivity contribution in [1.82, 2.24) is 10.8 Å². The number of hydrogen-bond acceptors (Lipinski definition) is 5. The van der Waals surface area contributed by atoms with Crippen molar-refractivity contribution >= 4 is 11.8 Å². The molecule has 0 spiro atoms. The van der Waals surface area contributed by atoms with Crippen LogP contribution in [0.5, 0.6) is 0 Å². The molecule has 1 aliphatic heterocycles. The van der Waals surface area contributed by atoms with Crippen molar-refractivity contribution in [3.8, 4) is 11.1 Å². The van der Waals surface area contributed by atoms with Crippen molar-refractivity contribution in [2.75, 3.05) is 13.2 Å². The molecular formula is C22H26N2O5. The molecule has 3 rings (SSSR count). The van der Waals surface area contributed by atoms with Crippen LogP contribution in [-0.2, 0) is 25.7 Å². The van der Waals surface area contributed by atoms with E-state index in [9.17, 15) is 9.59 Å². The van der Waals surface area contributed by atoms with Gasteiger partial charge >= 0.3 is 0 Å². The molecule has 0 bridgehead atoms. The van der Waals surface area contributed by atoms with E-state index in [1.807, 2.05) is 54.6 Å². The highest BCUT2D eigenvalue weighted by molar-refractivity contribution is 6.07. The number of carbonyl (C=O) groups excluding carboxylic acids is 2. The highest BCUT2D eigenvalue weighted by atomic mass is 16.5. The Hall–Kier alpha value is -2.74. The SMILES string of the molecule is CC(OCc1ccc(-c2ccccc2)cc1)(C(=O)NO)C(=O)NCC1CCCO1. The van der Waals surface area contributed by atoms with Crippen molar-refractivity contribution in [1.29, 1.82) is 0 Å². The van der Waals surface area contributed by atoms with Gasteiger partial charge in [-0.15, -0.1) is 0 Å². The van der Waals surface area contributed by atoms with Crippen molar-refractivity contribution in [2.24, 2.45) is 0 Å². The van der Waals surface area contributed by atoms with Gasteiger partial charge in [-0.05, 0) is 36.5 Å². The van der Waals surface area contributed by atoms with Crippen LogP contribution < -0.4 is 10.8 Å². The summed E-state index contributed by atoms with van der Waals surface area (Å²) in [5.41, 5.74) is 2.61. The molecule has 0 saturated carbocycles. The number of rotatable bonds is 8. The maximum Gasteiger partial charge on any atom is 0.285 e. The standard InChI is InChI=1S/C22H26N2O5/c1-22(21(26)24-27,20(25)23-14-19-8-5-13-28-19)29-15-16-9-11-18(12-10-16)17-6-3-2-4-7-17/h2-4,6-7,9-12,19,27H,5,8,13-15H2,1H3,(H,23,25)(H,24,26). The number of nitrogens with one attached hydrogen (secondary N) is 2. The van der Waals surface area contributed by atoms with Gasteiger partial charge in [0.05, 0.1) is 12.7 Å². The van der Waals surface area contributed by atoms with Gasteiger partial charge < -0.3 is 14.8 Å². The number of hydrogen-bond donors (Lipinski definition) is 3. The highest BCUT2D eigenvalue weighted by Gasteiger charge is 2.42. The quantitative estimate of drug-likeness (QED) is 0.361. The summed E-state index contributed by atoms with van der Waals surface area (Å²) in [5, 5.41) is 11.8. The Morgan fingerprint density at radius 1 is 1.10 bits per heavy atom. The van der Waals surface area contributed by atoms with Crippen molar-refractivity contribution in [3.63, 3.8) is 0 Å². The van der Waals surface area contributed by atoms with Crippen molar-refractivity contribution < 1.29 is 24.3 Å². The molecule has 1 saturated heterocycles. The fraction of sp³-hybridized carbons (Fsp3) is 0.364. The maximum absolute atomic E-state index is 12.6. The summed E-state index contributed by atoms with van der Waals surface area (Å²) in [6.45, 7) is 2.33. The molecule has 2 aromatic rings. The lowest BCUT2D eigenvalue weighted by molar-refractivity contribution is -0.166. The van der Waals surface area contributed by atoms with Crippen LogP contribution in [0.1, 0.15) is 25.3 Å². The Labute approximate surface area is 170 Å². The van der Waals surface area contributed by atoms with Gasteiger partial charge in [-0.2, -0.15) is 0 Å². The number of amides is 2. The van der Waals surface area contributed by atoms with Crippen molar-refractivity contribution in [3.05, 3.63) is 60.2 Å². The molecule has 1 fully saturated rings. The van der Waals surface area contributed by atoms with Gasteiger partial charge in [0.2, 0.25) is 5.60 Å². The monoisotopic (exact) mass is 398 g/mol. The summed E-state index contributed by atoms with van der Waals surface area (Å²) in [7, 11) is 0. The Morgan fingerprint density at radius 3 is 2.41 bits per heavy atom. The predicted octanol–water partition coefficient (Wildman–Crippen LogP) is 2.43. The number of carbonyl (C=O) groups is 2. The van der Waals surface area contributed by atoms with Gasteiger partial charge in [0.25, 0.3) is 11.8 Å². The highest BCUT2D eigenvalue weighted by Crippen LogP contribution is 2.21. The van der Waals surface area contributed by atoms with Crippen LogP contribution in [0.3, 0.4) is 0 Å². The van der Waals surface area contributed by atoms with E-state index in [0.29, 0.717) is 13.2 Å². The third kappa shape index (κ3) is 5.20. The van der Waals surface area contributed by atoms with Crippen LogP contribution in [0.2, 0.25) is 0 Å². The zero-order valence-electron chi connectivity index (χ0n) is 16.4. The molecule has 2 amide bonds. The first-order chi connectivity index (χ1) is 14.0. The largest absolute Gasteiger partial charge is 0.376 e. The number of hydroxylamine groups is 1. The van der Waals surface area contributed by atoms with E-state index < -0.39 is 17.4 Å².